The van der Waals surface area contributed by atoms with Crippen molar-refractivity contribution in [2.75, 3.05) is 4.72 Å². The van der Waals surface area contributed by atoms with Crippen LogP contribution in [0.5, 0.6) is 0 Å². The molecule has 0 amide bonds. The van der Waals surface area contributed by atoms with Crippen molar-refractivity contribution in [2.24, 2.45) is 7.05 Å². The summed E-state index contributed by atoms with van der Waals surface area (Å²) in [5.74, 6) is 0.0963. The summed E-state index contributed by atoms with van der Waals surface area (Å²) >= 11 is 0. The van der Waals surface area contributed by atoms with Crippen LogP contribution in [0.4, 0.5) is 5.69 Å². The number of rotatable bonds is 5. The van der Waals surface area contributed by atoms with E-state index in [0.717, 1.165) is 16.6 Å². The second kappa shape index (κ2) is 7.70. The SMILES string of the molecule is Cc1c(C(C)C)c(=O)n(-c2ccc(S(=O)(=O)Nc3cccc4ncccc34)cc2)n1C. The van der Waals surface area contributed by atoms with Gasteiger partial charge in [-0.1, -0.05) is 19.9 Å². The first-order chi connectivity index (χ1) is 14.7. The first kappa shape index (κ1) is 20.9. The highest BCUT2D eigenvalue weighted by Crippen LogP contribution is 2.25. The van der Waals surface area contributed by atoms with Crippen molar-refractivity contribution in [3.63, 3.8) is 0 Å². The van der Waals surface area contributed by atoms with Crippen LogP contribution in [-0.4, -0.2) is 22.8 Å². The Labute approximate surface area is 181 Å². The molecule has 4 rings (SSSR count). The number of anilines is 1. The maximum absolute atomic E-state index is 13.0. The van der Waals surface area contributed by atoms with Gasteiger partial charge in [0, 0.05) is 29.9 Å². The van der Waals surface area contributed by atoms with Gasteiger partial charge in [0.05, 0.1) is 21.8 Å². The summed E-state index contributed by atoms with van der Waals surface area (Å²) in [4.78, 5) is 17.3. The number of hydrogen-bond acceptors (Lipinski definition) is 4. The van der Waals surface area contributed by atoms with Crippen molar-refractivity contribution in [2.45, 2.75) is 31.6 Å². The van der Waals surface area contributed by atoms with Crippen LogP contribution < -0.4 is 10.3 Å². The molecular formula is C23H24N4O3S. The maximum Gasteiger partial charge on any atom is 0.275 e. The van der Waals surface area contributed by atoms with Crippen molar-refractivity contribution < 1.29 is 8.42 Å². The quantitative estimate of drug-likeness (QED) is 0.513. The van der Waals surface area contributed by atoms with Crippen molar-refractivity contribution >= 4 is 26.6 Å². The van der Waals surface area contributed by atoms with Crippen LogP contribution in [0.15, 0.2) is 70.5 Å². The highest BCUT2D eigenvalue weighted by molar-refractivity contribution is 7.92. The highest BCUT2D eigenvalue weighted by Gasteiger charge is 2.20. The van der Waals surface area contributed by atoms with Crippen molar-refractivity contribution in [3.05, 3.63) is 82.4 Å². The molecule has 2 aromatic carbocycles. The molecule has 0 radical (unpaired) electrons. The molecule has 0 atom stereocenters. The molecule has 0 aliphatic heterocycles. The van der Waals surface area contributed by atoms with Crippen LogP contribution in [0.2, 0.25) is 0 Å². The van der Waals surface area contributed by atoms with Crippen LogP contribution in [0.1, 0.15) is 31.0 Å². The summed E-state index contributed by atoms with van der Waals surface area (Å²) in [5.41, 5.74) is 3.33. The van der Waals surface area contributed by atoms with Crippen LogP contribution in [-0.2, 0) is 17.1 Å². The largest absolute Gasteiger partial charge is 0.285 e. The molecule has 4 aromatic rings. The van der Waals surface area contributed by atoms with E-state index in [1.54, 1.807) is 45.9 Å². The van der Waals surface area contributed by atoms with Gasteiger partial charge in [-0.2, -0.15) is 0 Å². The van der Waals surface area contributed by atoms with Crippen molar-refractivity contribution in [1.82, 2.24) is 14.3 Å². The van der Waals surface area contributed by atoms with E-state index in [1.807, 2.05) is 40.0 Å². The predicted octanol–water partition coefficient (Wildman–Crippen LogP) is 3.96. The Bertz CT molecular complexity index is 1430. The van der Waals surface area contributed by atoms with Crippen LogP contribution in [0.3, 0.4) is 0 Å². The lowest BCUT2D eigenvalue weighted by Crippen LogP contribution is -2.21. The van der Waals surface area contributed by atoms with Gasteiger partial charge in [-0.3, -0.25) is 19.2 Å². The van der Waals surface area contributed by atoms with Gasteiger partial charge in [-0.15, -0.1) is 0 Å². The van der Waals surface area contributed by atoms with Crippen LogP contribution in [0, 0.1) is 6.92 Å². The third kappa shape index (κ3) is 3.63. The first-order valence-electron chi connectivity index (χ1n) is 9.96. The average molecular weight is 437 g/mol. The third-order valence-corrected chi connectivity index (χ3v) is 6.84. The Hall–Kier alpha value is -3.39. The van der Waals surface area contributed by atoms with Gasteiger partial charge in [0.1, 0.15) is 0 Å². The number of benzene rings is 2. The number of nitrogens with one attached hydrogen (secondary N) is 1. The third-order valence-electron chi connectivity index (χ3n) is 5.46. The molecule has 0 spiro atoms. The van der Waals surface area contributed by atoms with Crippen molar-refractivity contribution in [1.29, 1.82) is 0 Å². The second-order valence-corrected chi connectivity index (χ2v) is 9.45. The monoisotopic (exact) mass is 436 g/mol. The average Bonchev–Trinajstić information content (AvgIpc) is 2.96. The summed E-state index contributed by atoms with van der Waals surface area (Å²) in [6.45, 7) is 5.88. The fourth-order valence-corrected chi connectivity index (χ4v) is 4.93. The van der Waals surface area contributed by atoms with E-state index in [0.29, 0.717) is 16.9 Å². The molecule has 2 heterocycles. The Balaban J connectivity index is 1.70. The van der Waals surface area contributed by atoms with Gasteiger partial charge in [0.15, 0.2) is 0 Å². The molecule has 0 unspecified atom stereocenters. The number of hydrogen-bond donors (Lipinski definition) is 1. The second-order valence-electron chi connectivity index (χ2n) is 7.77. The number of pyridine rings is 1. The minimum absolute atomic E-state index is 0.0908. The van der Waals surface area contributed by atoms with E-state index < -0.39 is 10.0 Å². The molecule has 0 aliphatic carbocycles. The number of aromatic nitrogens is 3. The molecule has 0 aliphatic rings. The summed E-state index contributed by atoms with van der Waals surface area (Å²) in [5, 5.41) is 0.720. The molecule has 2 aromatic heterocycles. The molecule has 160 valence electrons. The van der Waals surface area contributed by atoms with E-state index in [9.17, 15) is 13.2 Å². The van der Waals surface area contributed by atoms with Crippen LogP contribution in [0.25, 0.3) is 16.6 Å². The van der Waals surface area contributed by atoms with Gasteiger partial charge < -0.3 is 0 Å². The van der Waals surface area contributed by atoms with Gasteiger partial charge in [0.25, 0.3) is 15.6 Å². The standard InChI is InChI=1S/C23H24N4O3S/c1-15(2)22-16(3)26(4)27(23(22)28)17-10-12-18(13-11-17)31(29,30)25-21-9-5-8-20-19(21)7-6-14-24-20/h5-15,25H,1-4H3. The zero-order valence-electron chi connectivity index (χ0n) is 17.8. The maximum atomic E-state index is 13.0. The Morgan fingerprint density at radius 3 is 2.35 bits per heavy atom. The zero-order chi connectivity index (χ0) is 22.3. The molecule has 31 heavy (non-hydrogen) atoms. The summed E-state index contributed by atoms with van der Waals surface area (Å²) in [6, 6.07) is 15.2. The molecule has 0 bridgehead atoms. The van der Waals surface area contributed by atoms with Gasteiger partial charge in [-0.25, -0.2) is 13.1 Å². The summed E-state index contributed by atoms with van der Waals surface area (Å²) < 4.78 is 31.9. The molecule has 1 N–H and O–H groups in total. The van der Waals surface area contributed by atoms with E-state index in [2.05, 4.69) is 9.71 Å². The highest BCUT2D eigenvalue weighted by atomic mass is 32.2. The molecule has 7 nitrogen and oxygen atoms in total. The summed E-state index contributed by atoms with van der Waals surface area (Å²) in [7, 11) is -1.99. The lowest BCUT2D eigenvalue weighted by molar-refractivity contribution is 0.601. The Morgan fingerprint density at radius 1 is 1.00 bits per heavy atom. The fourth-order valence-electron chi connectivity index (χ4n) is 3.85. The molecule has 0 fully saturated rings. The van der Waals surface area contributed by atoms with E-state index >= 15 is 0 Å². The van der Waals surface area contributed by atoms with Gasteiger partial charge >= 0.3 is 0 Å². The summed E-state index contributed by atoms with van der Waals surface area (Å²) in [6.07, 6.45) is 1.66. The molecule has 0 saturated carbocycles. The number of fused-ring (bicyclic) bond motifs is 1. The zero-order valence-corrected chi connectivity index (χ0v) is 18.6. The van der Waals surface area contributed by atoms with Gasteiger partial charge in [0.2, 0.25) is 0 Å². The number of nitrogens with zero attached hydrogens (tertiary/aromatic N) is 3. The first-order valence-corrected chi connectivity index (χ1v) is 11.4. The van der Waals surface area contributed by atoms with Crippen molar-refractivity contribution in [3.8, 4) is 5.69 Å². The minimum Gasteiger partial charge on any atom is -0.285 e. The van der Waals surface area contributed by atoms with E-state index in [1.165, 1.54) is 12.1 Å². The lowest BCUT2D eigenvalue weighted by atomic mass is 10.0. The van der Waals surface area contributed by atoms with Crippen LogP contribution >= 0.6 is 0 Å². The van der Waals surface area contributed by atoms with E-state index in [4.69, 9.17) is 0 Å². The smallest absolute Gasteiger partial charge is 0.275 e. The molecule has 8 heteroatoms. The topological polar surface area (TPSA) is 86.0 Å². The Kier molecular flexibility index (Phi) is 5.18. The van der Waals surface area contributed by atoms with E-state index in [-0.39, 0.29) is 16.4 Å². The predicted molar refractivity (Wildman–Crippen MR) is 122 cm³/mol. The lowest BCUT2D eigenvalue weighted by Gasteiger charge is -2.12. The van der Waals surface area contributed by atoms with Gasteiger partial charge in [-0.05, 0) is 61.4 Å². The molecule has 0 saturated heterocycles. The minimum atomic E-state index is -3.81. The molecular weight excluding hydrogens is 412 g/mol. The normalized spacial score (nSPS) is 11.9. The fraction of sp³-hybridized carbons (Fsp3) is 0.217. The Morgan fingerprint density at radius 2 is 1.71 bits per heavy atom. The number of sulfonamides is 1.